The van der Waals surface area contributed by atoms with E-state index in [0.717, 1.165) is 12.1 Å². The molecule has 3 rings (SSSR count). The highest BCUT2D eigenvalue weighted by atomic mass is 19.1. The maximum Gasteiger partial charge on any atom is 0.137 e. The van der Waals surface area contributed by atoms with Crippen molar-refractivity contribution < 1.29 is 8.78 Å². The second-order valence-corrected chi connectivity index (χ2v) is 4.89. The minimum Gasteiger partial charge on any atom is -0.378 e. The molecule has 0 unspecified atom stereocenters. The molecular weight excluding hydrogens is 300 g/mol. The van der Waals surface area contributed by atoms with Crippen LogP contribution in [-0.2, 0) is 6.54 Å². The fourth-order valence-corrected chi connectivity index (χ4v) is 2.29. The summed E-state index contributed by atoms with van der Waals surface area (Å²) in [7, 11) is 0. The number of fused-ring (bicyclic) bond motifs is 1. The highest BCUT2D eigenvalue weighted by Crippen LogP contribution is 2.29. The van der Waals surface area contributed by atoms with Crippen molar-refractivity contribution in [2.24, 2.45) is 0 Å². The zero-order chi connectivity index (χ0) is 16.4. The Kier molecular flexibility index (Phi) is 3.81. The van der Waals surface area contributed by atoms with Crippen LogP contribution < -0.4 is 5.32 Å². The number of hydrogen-bond acceptors (Lipinski definition) is 5. The molecule has 7 heteroatoms. The van der Waals surface area contributed by atoms with Gasteiger partial charge in [0.25, 0.3) is 0 Å². The zero-order valence-corrected chi connectivity index (χ0v) is 12.1. The molecule has 0 atom stereocenters. The standard InChI is InChI=1S/C16H11F2N5/c1-9-20-3-2-12(23-9)8-22-16-10(6-19)7-21-14-5-11(17)4-13(18)15(14)16/h2-5,7H,8H2,1H3,(H,21,22). The molecule has 0 saturated carbocycles. The Bertz CT molecular complexity index is 934. The molecule has 3 aromatic rings. The molecule has 0 spiro atoms. The summed E-state index contributed by atoms with van der Waals surface area (Å²) in [6.45, 7) is 2.03. The van der Waals surface area contributed by atoms with Crippen molar-refractivity contribution in [3.63, 3.8) is 0 Å². The van der Waals surface area contributed by atoms with Gasteiger partial charge in [-0.05, 0) is 13.0 Å². The molecular formula is C16H11F2N5. The van der Waals surface area contributed by atoms with E-state index in [1.54, 1.807) is 19.2 Å². The van der Waals surface area contributed by atoms with Gasteiger partial charge in [0.2, 0.25) is 0 Å². The van der Waals surface area contributed by atoms with Crippen molar-refractivity contribution in [1.29, 1.82) is 5.26 Å². The SMILES string of the molecule is Cc1nccc(CNc2c(C#N)cnc3cc(F)cc(F)c23)n1. The molecule has 0 radical (unpaired) electrons. The quantitative estimate of drug-likeness (QED) is 0.804. The van der Waals surface area contributed by atoms with Gasteiger partial charge in [-0.25, -0.2) is 18.7 Å². The first kappa shape index (κ1) is 14.8. The lowest BCUT2D eigenvalue weighted by atomic mass is 10.1. The van der Waals surface area contributed by atoms with Crippen LogP contribution in [0.5, 0.6) is 0 Å². The Labute approximate surface area is 130 Å². The maximum atomic E-state index is 14.2. The minimum absolute atomic E-state index is 0.0798. The van der Waals surface area contributed by atoms with E-state index in [1.165, 1.54) is 6.20 Å². The fraction of sp³-hybridized carbons (Fsp3) is 0.125. The van der Waals surface area contributed by atoms with Gasteiger partial charge in [0, 0.05) is 24.5 Å². The molecule has 114 valence electrons. The Morgan fingerprint density at radius 2 is 2.09 bits per heavy atom. The molecule has 0 aliphatic rings. The minimum atomic E-state index is -0.772. The Hall–Kier alpha value is -3.14. The summed E-state index contributed by atoms with van der Waals surface area (Å²) in [6, 6.07) is 5.57. The molecule has 1 aromatic carbocycles. The number of nitriles is 1. The zero-order valence-electron chi connectivity index (χ0n) is 12.1. The van der Waals surface area contributed by atoms with Crippen LogP contribution >= 0.6 is 0 Å². The van der Waals surface area contributed by atoms with Gasteiger partial charge in [0.1, 0.15) is 23.5 Å². The number of rotatable bonds is 3. The van der Waals surface area contributed by atoms with Crippen molar-refractivity contribution in [1.82, 2.24) is 15.0 Å². The van der Waals surface area contributed by atoms with Crippen LogP contribution in [0.15, 0.2) is 30.6 Å². The molecule has 23 heavy (non-hydrogen) atoms. The molecule has 2 aromatic heterocycles. The van der Waals surface area contributed by atoms with Crippen LogP contribution in [0.2, 0.25) is 0 Å². The largest absolute Gasteiger partial charge is 0.378 e. The van der Waals surface area contributed by atoms with Crippen molar-refractivity contribution in [2.45, 2.75) is 13.5 Å². The lowest BCUT2D eigenvalue weighted by Gasteiger charge is -2.12. The average molecular weight is 311 g/mol. The number of nitrogens with zero attached hydrogens (tertiary/aromatic N) is 4. The Balaban J connectivity index is 2.06. The number of nitrogens with one attached hydrogen (secondary N) is 1. The number of aromatic nitrogens is 3. The van der Waals surface area contributed by atoms with Crippen LogP contribution in [0.1, 0.15) is 17.1 Å². The molecule has 0 fully saturated rings. The van der Waals surface area contributed by atoms with E-state index in [1.807, 2.05) is 6.07 Å². The van der Waals surface area contributed by atoms with E-state index in [-0.39, 0.29) is 28.7 Å². The number of halogens is 2. The smallest absolute Gasteiger partial charge is 0.137 e. The summed E-state index contributed by atoms with van der Waals surface area (Å²) >= 11 is 0. The van der Waals surface area contributed by atoms with Crippen molar-refractivity contribution >= 4 is 16.6 Å². The highest BCUT2D eigenvalue weighted by Gasteiger charge is 2.14. The lowest BCUT2D eigenvalue weighted by molar-refractivity contribution is 0.591. The third-order valence-electron chi connectivity index (χ3n) is 3.29. The van der Waals surface area contributed by atoms with Gasteiger partial charge >= 0.3 is 0 Å². The molecule has 0 bridgehead atoms. The summed E-state index contributed by atoms with van der Waals surface area (Å²) in [5, 5.41) is 12.3. The van der Waals surface area contributed by atoms with Crippen LogP contribution in [-0.4, -0.2) is 15.0 Å². The first-order valence-electron chi connectivity index (χ1n) is 6.78. The van der Waals surface area contributed by atoms with E-state index >= 15 is 0 Å². The topological polar surface area (TPSA) is 74.5 Å². The Morgan fingerprint density at radius 3 is 2.83 bits per heavy atom. The van der Waals surface area contributed by atoms with E-state index in [2.05, 4.69) is 20.3 Å². The maximum absolute atomic E-state index is 14.2. The number of hydrogen-bond donors (Lipinski definition) is 1. The van der Waals surface area contributed by atoms with Gasteiger partial charge in [-0.2, -0.15) is 5.26 Å². The third-order valence-corrected chi connectivity index (χ3v) is 3.29. The summed E-state index contributed by atoms with van der Waals surface area (Å²) < 4.78 is 27.5. The summed E-state index contributed by atoms with van der Waals surface area (Å²) in [5.74, 6) is -0.881. The third kappa shape index (κ3) is 2.92. The molecule has 0 saturated heterocycles. The first-order valence-corrected chi connectivity index (χ1v) is 6.78. The molecule has 0 amide bonds. The van der Waals surface area contributed by atoms with Crippen LogP contribution in [0.25, 0.3) is 10.9 Å². The van der Waals surface area contributed by atoms with E-state index < -0.39 is 11.6 Å². The molecule has 0 aliphatic carbocycles. The van der Waals surface area contributed by atoms with Gasteiger partial charge in [0.05, 0.1) is 34.4 Å². The fourth-order valence-electron chi connectivity index (χ4n) is 2.29. The van der Waals surface area contributed by atoms with Crippen LogP contribution in [0.4, 0.5) is 14.5 Å². The lowest BCUT2D eigenvalue weighted by Crippen LogP contribution is -2.06. The average Bonchev–Trinajstić information content (AvgIpc) is 2.52. The number of aryl methyl sites for hydroxylation is 1. The molecule has 0 aliphatic heterocycles. The van der Waals surface area contributed by atoms with Gasteiger partial charge in [-0.1, -0.05) is 0 Å². The summed E-state index contributed by atoms with van der Waals surface area (Å²) in [5.41, 5.74) is 1.27. The number of pyridine rings is 1. The monoisotopic (exact) mass is 311 g/mol. The predicted molar refractivity (Wildman–Crippen MR) is 80.5 cm³/mol. The van der Waals surface area contributed by atoms with Gasteiger partial charge in [-0.3, -0.25) is 4.98 Å². The normalized spacial score (nSPS) is 10.5. The van der Waals surface area contributed by atoms with Crippen molar-refractivity contribution in [3.05, 3.63) is 59.3 Å². The second-order valence-electron chi connectivity index (χ2n) is 4.89. The highest BCUT2D eigenvalue weighted by molar-refractivity contribution is 5.94. The first-order chi connectivity index (χ1) is 11.1. The van der Waals surface area contributed by atoms with Gasteiger partial charge in [0.15, 0.2) is 0 Å². The summed E-state index contributed by atoms with van der Waals surface area (Å²) in [4.78, 5) is 12.2. The predicted octanol–water partition coefficient (Wildman–Crippen LogP) is 3.10. The molecule has 5 nitrogen and oxygen atoms in total. The van der Waals surface area contributed by atoms with Crippen LogP contribution in [0, 0.1) is 29.9 Å². The molecule has 2 heterocycles. The van der Waals surface area contributed by atoms with Crippen LogP contribution in [0.3, 0.4) is 0 Å². The number of benzene rings is 1. The van der Waals surface area contributed by atoms with E-state index in [4.69, 9.17) is 0 Å². The van der Waals surface area contributed by atoms with Gasteiger partial charge < -0.3 is 5.32 Å². The van der Waals surface area contributed by atoms with E-state index in [0.29, 0.717) is 11.5 Å². The van der Waals surface area contributed by atoms with E-state index in [9.17, 15) is 14.0 Å². The number of anilines is 1. The second kappa shape index (κ2) is 5.93. The Morgan fingerprint density at radius 1 is 1.26 bits per heavy atom. The van der Waals surface area contributed by atoms with Gasteiger partial charge in [-0.15, -0.1) is 0 Å². The molecule has 1 N–H and O–H groups in total. The van der Waals surface area contributed by atoms with Crippen molar-refractivity contribution in [2.75, 3.05) is 5.32 Å². The van der Waals surface area contributed by atoms with Crippen molar-refractivity contribution in [3.8, 4) is 6.07 Å². The summed E-state index contributed by atoms with van der Waals surface area (Å²) in [6.07, 6.45) is 2.90.